The molecule has 0 heterocycles. The molecule has 0 fully saturated rings. The number of carbonyl (C=O) groups excluding carboxylic acids is 1. The summed E-state index contributed by atoms with van der Waals surface area (Å²) in [5.74, 6) is -0.373. The van der Waals surface area contributed by atoms with Crippen molar-refractivity contribution in [3.63, 3.8) is 0 Å². The Balaban J connectivity index is 4.12. The monoisotopic (exact) mass is 653 g/mol. The molecular weight excluding hydrogens is 589 g/mol. The molecule has 2 unspecified atom stereocenters. The molecule has 0 amide bonds. The van der Waals surface area contributed by atoms with Crippen molar-refractivity contribution in [3.05, 3.63) is 60.8 Å². The molecule has 0 aromatic carbocycles. The van der Waals surface area contributed by atoms with E-state index in [4.69, 9.17) is 18.5 Å². The standard InChI is InChI=1S/C36H64NO7P/c1-6-8-10-11-12-13-14-15-16-17-18-19-20-21-22-23-24-25-26-28-31-41-33-35(44-36(38)29-27-9-7-2)34-43-45(39,40)42-32-30-37(3,4)5/h8,10,12-13,15-16,18-19,21-22,35H,6-7,9,11,14,17,20,23-34H2,1-5H3/b10-8-,13-12-,16-15-,19-18-,22-21-. The second-order valence-electron chi connectivity index (χ2n) is 12.1. The van der Waals surface area contributed by atoms with Crippen molar-refractivity contribution < 1.29 is 37.3 Å². The lowest BCUT2D eigenvalue weighted by Gasteiger charge is -2.28. The second-order valence-corrected chi connectivity index (χ2v) is 13.6. The molecule has 260 valence electrons. The van der Waals surface area contributed by atoms with Gasteiger partial charge in [-0.25, -0.2) is 0 Å². The first-order chi connectivity index (χ1) is 21.6. The van der Waals surface area contributed by atoms with Crippen LogP contribution in [0, 0.1) is 0 Å². The average Bonchev–Trinajstić information content (AvgIpc) is 2.97. The lowest BCUT2D eigenvalue weighted by Crippen LogP contribution is -2.37. The third-order valence-corrected chi connectivity index (χ3v) is 7.55. The summed E-state index contributed by atoms with van der Waals surface area (Å²) in [5.41, 5.74) is 0. The molecule has 0 saturated carbocycles. The van der Waals surface area contributed by atoms with Crippen molar-refractivity contribution in [1.82, 2.24) is 0 Å². The van der Waals surface area contributed by atoms with Gasteiger partial charge in [0.05, 0.1) is 34.4 Å². The number of quaternary nitrogens is 1. The summed E-state index contributed by atoms with van der Waals surface area (Å²) in [6, 6.07) is 0. The zero-order valence-electron chi connectivity index (χ0n) is 29.0. The number of rotatable bonds is 30. The molecule has 2 atom stereocenters. The number of allylic oxidation sites excluding steroid dienone is 10. The van der Waals surface area contributed by atoms with E-state index in [1.54, 1.807) is 0 Å². The van der Waals surface area contributed by atoms with Gasteiger partial charge in [-0.05, 0) is 57.8 Å². The molecule has 0 saturated heterocycles. The van der Waals surface area contributed by atoms with Crippen molar-refractivity contribution in [2.75, 3.05) is 54.1 Å². The molecule has 45 heavy (non-hydrogen) atoms. The molecule has 9 heteroatoms. The molecule has 0 aliphatic carbocycles. The van der Waals surface area contributed by atoms with E-state index in [1.807, 2.05) is 21.1 Å². The van der Waals surface area contributed by atoms with E-state index in [9.17, 15) is 14.3 Å². The van der Waals surface area contributed by atoms with Gasteiger partial charge in [-0.3, -0.25) is 9.36 Å². The lowest BCUT2D eigenvalue weighted by molar-refractivity contribution is -0.870. The number of carbonyl (C=O) groups is 1. The van der Waals surface area contributed by atoms with Gasteiger partial charge in [0.25, 0.3) is 7.82 Å². The minimum atomic E-state index is -4.51. The third kappa shape index (κ3) is 33.4. The van der Waals surface area contributed by atoms with Gasteiger partial charge in [-0.2, -0.15) is 0 Å². The quantitative estimate of drug-likeness (QED) is 0.0253. The second kappa shape index (κ2) is 29.6. The molecule has 0 rings (SSSR count). The van der Waals surface area contributed by atoms with Crippen molar-refractivity contribution in [2.24, 2.45) is 0 Å². The largest absolute Gasteiger partial charge is 0.756 e. The number of esters is 1. The predicted molar refractivity (Wildman–Crippen MR) is 185 cm³/mol. The summed E-state index contributed by atoms with van der Waals surface area (Å²) in [6.07, 6.45) is 34.5. The van der Waals surface area contributed by atoms with Crippen LogP contribution in [-0.2, 0) is 27.9 Å². The Morgan fingerprint density at radius 1 is 0.711 bits per heavy atom. The van der Waals surface area contributed by atoms with Crippen LogP contribution in [0.25, 0.3) is 0 Å². The molecule has 0 aliphatic rings. The number of nitrogens with zero attached hydrogens (tertiary/aromatic N) is 1. The van der Waals surface area contributed by atoms with Crippen molar-refractivity contribution in [2.45, 2.75) is 110 Å². The van der Waals surface area contributed by atoms with Gasteiger partial charge in [0.2, 0.25) is 0 Å². The number of hydrogen-bond acceptors (Lipinski definition) is 7. The smallest absolute Gasteiger partial charge is 0.306 e. The summed E-state index contributed by atoms with van der Waals surface area (Å²) in [5, 5.41) is 0. The normalized spacial score (nSPS) is 14.9. The minimum Gasteiger partial charge on any atom is -0.756 e. The summed E-state index contributed by atoms with van der Waals surface area (Å²) in [6.45, 7) is 5.01. The van der Waals surface area contributed by atoms with Gasteiger partial charge in [0, 0.05) is 13.0 Å². The first-order valence-electron chi connectivity index (χ1n) is 17.0. The van der Waals surface area contributed by atoms with Crippen LogP contribution >= 0.6 is 7.82 Å². The van der Waals surface area contributed by atoms with E-state index < -0.39 is 13.9 Å². The number of ether oxygens (including phenoxy) is 2. The van der Waals surface area contributed by atoms with Crippen LogP contribution in [0.1, 0.15) is 104 Å². The van der Waals surface area contributed by atoms with Crippen molar-refractivity contribution in [1.29, 1.82) is 0 Å². The van der Waals surface area contributed by atoms with Crippen molar-refractivity contribution in [3.8, 4) is 0 Å². The zero-order valence-corrected chi connectivity index (χ0v) is 29.9. The van der Waals surface area contributed by atoms with E-state index in [1.165, 1.54) is 0 Å². The zero-order chi connectivity index (χ0) is 33.5. The summed E-state index contributed by atoms with van der Waals surface area (Å²) >= 11 is 0. The molecule has 0 bridgehead atoms. The molecule has 0 radical (unpaired) electrons. The van der Waals surface area contributed by atoms with Crippen LogP contribution in [-0.4, -0.2) is 70.7 Å². The highest BCUT2D eigenvalue weighted by atomic mass is 31.2. The van der Waals surface area contributed by atoms with Gasteiger partial charge in [-0.15, -0.1) is 0 Å². The van der Waals surface area contributed by atoms with Gasteiger partial charge in [0.15, 0.2) is 0 Å². The Labute approximate surface area is 275 Å². The number of unbranched alkanes of at least 4 members (excludes halogenated alkanes) is 6. The predicted octanol–water partition coefficient (Wildman–Crippen LogP) is 8.40. The number of phosphoric ester groups is 1. The summed E-state index contributed by atoms with van der Waals surface area (Å²) in [7, 11) is 1.32. The van der Waals surface area contributed by atoms with Crippen LogP contribution in [0.2, 0.25) is 0 Å². The topological polar surface area (TPSA) is 94.1 Å². The molecule has 0 N–H and O–H groups in total. The fraction of sp³-hybridized carbons (Fsp3) is 0.694. The van der Waals surface area contributed by atoms with Crippen molar-refractivity contribution >= 4 is 13.8 Å². The van der Waals surface area contributed by atoms with E-state index in [2.05, 4.69) is 74.6 Å². The van der Waals surface area contributed by atoms with Gasteiger partial charge in [-0.1, -0.05) is 100 Å². The molecule has 0 aliphatic heterocycles. The first kappa shape index (κ1) is 43.2. The number of hydrogen-bond donors (Lipinski definition) is 0. The van der Waals surface area contributed by atoms with Crippen LogP contribution in [0.3, 0.4) is 0 Å². The van der Waals surface area contributed by atoms with E-state index >= 15 is 0 Å². The third-order valence-electron chi connectivity index (χ3n) is 6.58. The molecule has 0 spiro atoms. The van der Waals surface area contributed by atoms with Crippen LogP contribution in [0.4, 0.5) is 0 Å². The SMILES string of the molecule is CC/C=C\C/C=C\C/C=C\C/C=C\C/C=C\CCCCCCOCC(COP(=O)([O-])OCC[N+](C)(C)C)OC(=O)CCCCC. The molecule has 8 nitrogen and oxygen atoms in total. The van der Waals surface area contributed by atoms with Crippen LogP contribution < -0.4 is 4.89 Å². The summed E-state index contributed by atoms with van der Waals surface area (Å²) in [4.78, 5) is 24.4. The van der Waals surface area contributed by atoms with E-state index in [-0.39, 0.29) is 32.2 Å². The van der Waals surface area contributed by atoms with Gasteiger partial charge < -0.3 is 27.9 Å². The molecular formula is C36H64NO7P. The van der Waals surface area contributed by atoms with E-state index in [0.717, 1.165) is 83.5 Å². The highest BCUT2D eigenvalue weighted by molar-refractivity contribution is 7.45. The van der Waals surface area contributed by atoms with Crippen LogP contribution in [0.15, 0.2) is 60.8 Å². The van der Waals surface area contributed by atoms with Gasteiger partial charge >= 0.3 is 5.97 Å². The average molecular weight is 654 g/mol. The van der Waals surface area contributed by atoms with Crippen LogP contribution in [0.5, 0.6) is 0 Å². The Morgan fingerprint density at radius 3 is 1.87 bits per heavy atom. The van der Waals surface area contributed by atoms with Gasteiger partial charge in [0.1, 0.15) is 19.3 Å². The fourth-order valence-electron chi connectivity index (χ4n) is 3.92. The Hall–Kier alpha value is -1.80. The summed E-state index contributed by atoms with van der Waals surface area (Å²) < 4.78 is 33.9. The first-order valence-corrected chi connectivity index (χ1v) is 18.5. The number of phosphoric acid groups is 1. The highest BCUT2D eigenvalue weighted by Crippen LogP contribution is 2.38. The maximum absolute atomic E-state index is 12.2. The number of likely N-dealkylation sites (N-methyl/N-ethyl adjacent to an activating group) is 1. The Kier molecular flexibility index (Phi) is 28.4. The Morgan fingerprint density at radius 2 is 1.29 bits per heavy atom. The maximum Gasteiger partial charge on any atom is 0.306 e. The maximum atomic E-state index is 12.2. The van der Waals surface area contributed by atoms with E-state index in [0.29, 0.717) is 17.6 Å². The fourth-order valence-corrected chi connectivity index (χ4v) is 4.65. The molecule has 0 aromatic heterocycles. The Bertz CT molecular complexity index is 906. The molecule has 0 aromatic rings. The minimum absolute atomic E-state index is 0.0172. The highest BCUT2D eigenvalue weighted by Gasteiger charge is 2.20. The lowest BCUT2D eigenvalue weighted by atomic mass is 10.1.